The van der Waals surface area contributed by atoms with Gasteiger partial charge in [-0.15, -0.1) is 0 Å². The number of morpholine rings is 1. The van der Waals surface area contributed by atoms with Crippen LogP contribution in [0.3, 0.4) is 0 Å². The molecule has 1 heterocycles. The molecule has 0 bridgehead atoms. The molecule has 0 spiro atoms. The number of carboxylic acids is 1. The summed E-state index contributed by atoms with van der Waals surface area (Å²) in [5.41, 5.74) is 1.69. The number of benzene rings is 2. The van der Waals surface area contributed by atoms with E-state index in [1.165, 1.54) is 12.1 Å². The Hall–Kier alpha value is -3.57. The number of hydrogen-bond acceptors (Lipinski definition) is 7. The van der Waals surface area contributed by atoms with Gasteiger partial charge in [0.15, 0.2) is 5.11 Å². The van der Waals surface area contributed by atoms with Gasteiger partial charge in [0, 0.05) is 30.9 Å². The van der Waals surface area contributed by atoms with E-state index in [4.69, 9.17) is 22.1 Å². The zero-order chi connectivity index (χ0) is 22.4. The number of aliphatic carboxylic acids is 1. The highest BCUT2D eigenvalue weighted by molar-refractivity contribution is 7.80. The fourth-order valence-electron chi connectivity index (χ4n) is 3.11. The van der Waals surface area contributed by atoms with Gasteiger partial charge in [-0.05, 0) is 36.0 Å². The molecule has 1 fully saturated rings. The normalized spacial score (nSPS) is 13.4. The molecule has 3 N–H and O–H groups in total. The van der Waals surface area contributed by atoms with Crippen molar-refractivity contribution in [2.24, 2.45) is 0 Å². The number of ether oxygens (including phenoxy) is 1. The Morgan fingerprint density at radius 2 is 1.84 bits per heavy atom. The Kier molecular flexibility index (Phi) is 7.11. The third-order valence-electron chi connectivity index (χ3n) is 4.58. The first-order valence-corrected chi connectivity index (χ1v) is 9.78. The summed E-state index contributed by atoms with van der Waals surface area (Å²) >= 11 is 5.19. The summed E-state index contributed by atoms with van der Waals surface area (Å²) in [5.74, 6) is -1.51. The maximum atomic E-state index is 12.9. The summed E-state index contributed by atoms with van der Waals surface area (Å²) in [6.07, 6.45) is -0.0986. The number of amides is 1. The van der Waals surface area contributed by atoms with Crippen molar-refractivity contribution in [3.8, 4) is 0 Å². The van der Waals surface area contributed by atoms with Crippen molar-refractivity contribution in [1.29, 1.82) is 0 Å². The molecule has 0 aliphatic carbocycles. The van der Waals surface area contributed by atoms with Gasteiger partial charge in [0.1, 0.15) is 0 Å². The van der Waals surface area contributed by atoms with E-state index in [1.54, 1.807) is 30.3 Å². The minimum atomic E-state index is -0.934. The van der Waals surface area contributed by atoms with Crippen LogP contribution >= 0.6 is 12.2 Å². The molecule has 3 rings (SSSR count). The fraction of sp³-hybridized carbons (Fsp3) is 0.250. The quantitative estimate of drug-likeness (QED) is 0.348. The molecule has 0 aromatic heterocycles. The average molecular weight is 444 g/mol. The molecule has 0 radical (unpaired) electrons. The predicted octanol–water partition coefficient (Wildman–Crippen LogP) is 2.19. The van der Waals surface area contributed by atoms with Gasteiger partial charge in [-0.25, -0.2) is 0 Å². The highest BCUT2D eigenvalue weighted by Gasteiger charge is 2.22. The van der Waals surface area contributed by atoms with E-state index >= 15 is 0 Å². The van der Waals surface area contributed by atoms with Gasteiger partial charge in [0.2, 0.25) is 0 Å². The van der Waals surface area contributed by atoms with Gasteiger partial charge in [-0.3, -0.25) is 25.0 Å². The highest BCUT2D eigenvalue weighted by Crippen LogP contribution is 2.26. The Bertz CT molecular complexity index is 1010. The minimum Gasteiger partial charge on any atom is -0.481 e. The van der Waals surface area contributed by atoms with Crippen LogP contribution in [-0.4, -0.2) is 53.3 Å². The van der Waals surface area contributed by atoms with Gasteiger partial charge >= 0.3 is 5.97 Å². The maximum absolute atomic E-state index is 12.9. The number of nitro benzene ring substituents is 1. The number of anilines is 2. The van der Waals surface area contributed by atoms with Crippen molar-refractivity contribution in [3.05, 3.63) is 63.7 Å². The lowest BCUT2D eigenvalue weighted by Gasteiger charge is -2.30. The fourth-order valence-corrected chi connectivity index (χ4v) is 3.32. The summed E-state index contributed by atoms with van der Waals surface area (Å²) in [5, 5.41) is 25.4. The maximum Gasteiger partial charge on any atom is 0.307 e. The van der Waals surface area contributed by atoms with Crippen molar-refractivity contribution in [2.45, 2.75) is 6.42 Å². The number of thiocarbonyl (C=S) groups is 1. The molecule has 0 atom stereocenters. The zero-order valence-corrected chi connectivity index (χ0v) is 17.2. The summed E-state index contributed by atoms with van der Waals surface area (Å²) in [4.78, 5) is 36.2. The number of carboxylic acid groups (broad SMARTS) is 1. The SMILES string of the molecule is O=C(O)Cc1ccc(NC(=S)NC(=O)c2cc([N+](=O)[O-])ccc2N2CCOCC2)cc1. The number of rotatable bonds is 6. The summed E-state index contributed by atoms with van der Waals surface area (Å²) in [6, 6.07) is 10.7. The third-order valence-corrected chi connectivity index (χ3v) is 4.79. The number of non-ortho nitro benzene ring substituents is 1. The van der Waals surface area contributed by atoms with Crippen molar-refractivity contribution < 1.29 is 24.4 Å². The van der Waals surface area contributed by atoms with Gasteiger partial charge < -0.3 is 20.1 Å². The smallest absolute Gasteiger partial charge is 0.307 e. The van der Waals surface area contributed by atoms with Crippen LogP contribution in [0, 0.1) is 10.1 Å². The van der Waals surface area contributed by atoms with E-state index in [0.29, 0.717) is 43.2 Å². The van der Waals surface area contributed by atoms with Crippen LogP contribution in [0.4, 0.5) is 17.1 Å². The zero-order valence-electron chi connectivity index (χ0n) is 16.4. The lowest BCUT2D eigenvalue weighted by molar-refractivity contribution is -0.384. The molecule has 0 saturated carbocycles. The van der Waals surface area contributed by atoms with Crippen molar-refractivity contribution >= 4 is 46.3 Å². The standard InChI is InChI=1S/C20H20N4O6S/c25-18(26)11-13-1-3-14(4-2-13)21-20(31)22-19(27)16-12-15(24(28)29)5-6-17(16)23-7-9-30-10-8-23/h1-6,12H,7-11H2,(H,25,26)(H2,21,22,27,31). The molecule has 162 valence electrons. The Morgan fingerprint density at radius 3 is 2.45 bits per heavy atom. The summed E-state index contributed by atoms with van der Waals surface area (Å²) < 4.78 is 5.33. The van der Waals surface area contributed by atoms with Crippen LogP contribution in [-0.2, 0) is 16.0 Å². The first-order chi connectivity index (χ1) is 14.8. The second-order valence-corrected chi connectivity index (χ2v) is 7.14. The molecule has 2 aromatic carbocycles. The van der Waals surface area contributed by atoms with Crippen molar-refractivity contribution in [1.82, 2.24) is 5.32 Å². The Morgan fingerprint density at radius 1 is 1.16 bits per heavy atom. The number of nitrogens with one attached hydrogen (secondary N) is 2. The van der Waals surface area contributed by atoms with Gasteiger partial charge in [0.05, 0.1) is 35.8 Å². The van der Waals surface area contributed by atoms with E-state index < -0.39 is 16.8 Å². The minimum absolute atomic E-state index is 0.00965. The van der Waals surface area contributed by atoms with Gasteiger partial charge in [-0.1, -0.05) is 12.1 Å². The lowest BCUT2D eigenvalue weighted by atomic mass is 10.1. The van der Waals surface area contributed by atoms with E-state index in [9.17, 15) is 19.7 Å². The number of carbonyl (C=O) groups is 2. The van der Waals surface area contributed by atoms with Crippen LogP contribution in [0.5, 0.6) is 0 Å². The first kappa shape index (κ1) is 22.1. The molecule has 11 heteroatoms. The first-order valence-electron chi connectivity index (χ1n) is 9.37. The van der Waals surface area contributed by atoms with Crippen LogP contribution < -0.4 is 15.5 Å². The van der Waals surface area contributed by atoms with E-state index in [0.717, 1.165) is 0 Å². The van der Waals surface area contributed by atoms with E-state index in [-0.39, 0.29) is 22.8 Å². The lowest BCUT2D eigenvalue weighted by Crippen LogP contribution is -2.39. The largest absolute Gasteiger partial charge is 0.481 e. The van der Waals surface area contributed by atoms with E-state index in [2.05, 4.69) is 10.6 Å². The Labute approximate surface area is 183 Å². The number of nitrogens with zero attached hydrogens (tertiary/aromatic N) is 2. The van der Waals surface area contributed by atoms with Crippen LogP contribution in [0.1, 0.15) is 15.9 Å². The average Bonchev–Trinajstić information content (AvgIpc) is 2.75. The van der Waals surface area contributed by atoms with Crippen molar-refractivity contribution in [3.63, 3.8) is 0 Å². The van der Waals surface area contributed by atoms with Gasteiger partial charge in [0.25, 0.3) is 11.6 Å². The molecule has 1 aliphatic heterocycles. The number of carbonyl (C=O) groups excluding carboxylic acids is 1. The molecule has 0 unspecified atom stereocenters. The van der Waals surface area contributed by atoms with Crippen LogP contribution in [0.2, 0.25) is 0 Å². The molecular formula is C20H20N4O6S. The van der Waals surface area contributed by atoms with Crippen LogP contribution in [0.15, 0.2) is 42.5 Å². The second kappa shape index (κ2) is 9.96. The van der Waals surface area contributed by atoms with Gasteiger partial charge in [-0.2, -0.15) is 0 Å². The molecule has 10 nitrogen and oxygen atoms in total. The molecule has 2 aromatic rings. The highest BCUT2D eigenvalue weighted by atomic mass is 32.1. The Balaban J connectivity index is 1.73. The second-order valence-electron chi connectivity index (χ2n) is 6.73. The van der Waals surface area contributed by atoms with E-state index in [1.807, 2.05) is 4.90 Å². The predicted molar refractivity (Wildman–Crippen MR) is 118 cm³/mol. The molecule has 31 heavy (non-hydrogen) atoms. The van der Waals surface area contributed by atoms with Crippen molar-refractivity contribution in [2.75, 3.05) is 36.5 Å². The number of nitro groups is 1. The molecule has 1 amide bonds. The molecular weight excluding hydrogens is 424 g/mol. The number of hydrogen-bond donors (Lipinski definition) is 3. The molecule has 1 aliphatic rings. The third kappa shape index (κ3) is 5.96. The summed E-state index contributed by atoms with van der Waals surface area (Å²) in [7, 11) is 0. The van der Waals surface area contributed by atoms with Crippen LogP contribution in [0.25, 0.3) is 0 Å². The molecule has 1 saturated heterocycles. The summed E-state index contributed by atoms with van der Waals surface area (Å²) in [6.45, 7) is 2.11. The monoisotopic (exact) mass is 444 g/mol. The topological polar surface area (TPSA) is 134 Å².